The van der Waals surface area contributed by atoms with Crippen molar-refractivity contribution in [2.45, 2.75) is 25.8 Å². The molecule has 2 heterocycles. The second-order valence-corrected chi connectivity index (χ2v) is 4.80. The zero-order chi connectivity index (χ0) is 14.0. The second kappa shape index (κ2) is 4.71. The lowest BCUT2D eigenvalue weighted by molar-refractivity contribution is -0.130. The van der Waals surface area contributed by atoms with Gasteiger partial charge in [-0.2, -0.15) is 5.10 Å². The van der Waals surface area contributed by atoms with Crippen LogP contribution in [0.3, 0.4) is 0 Å². The molecule has 0 aliphatic carbocycles. The van der Waals surface area contributed by atoms with Gasteiger partial charge in [0, 0.05) is 19.2 Å². The van der Waals surface area contributed by atoms with Gasteiger partial charge >= 0.3 is 6.03 Å². The normalized spacial score (nSPS) is 17.5. The fourth-order valence-corrected chi connectivity index (χ4v) is 1.78. The topological polar surface area (TPSA) is 107 Å². The minimum Gasteiger partial charge on any atom is -0.324 e. The van der Waals surface area contributed by atoms with Gasteiger partial charge in [-0.3, -0.25) is 19.6 Å². The van der Waals surface area contributed by atoms with Gasteiger partial charge in [0.2, 0.25) is 5.91 Å². The van der Waals surface area contributed by atoms with Crippen molar-refractivity contribution in [2.24, 2.45) is 0 Å². The van der Waals surface area contributed by atoms with E-state index in [0.29, 0.717) is 5.69 Å². The molecule has 0 unspecified atom stereocenters. The monoisotopic (exact) mass is 265 g/mol. The molecule has 0 aromatic carbocycles. The maximum absolute atomic E-state index is 11.9. The number of nitrogens with one attached hydrogen (secondary N) is 3. The molecule has 8 nitrogen and oxygen atoms in total. The number of imide groups is 1. The average Bonchev–Trinajstić information content (AvgIpc) is 2.86. The maximum atomic E-state index is 11.9. The number of aromatic amines is 1. The number of amides is 4. The van der Waals surface area contributed by atoms with E-state index in [0.717, 1.165) is 4.90 Å². The molecule has 3 N–H and O–H groups in total. The Morgan fingerprint density at radius 2 is 2.21 bits per heavy atom. The van der Waals surface area contributed by atoms with Gasteiger partial charge < -0.3 is 10.6 Å². The van der Waals surface area contributed by atoms with Crippen molar-refractivity contribution in [3.05, 3.63) is 12.4 Å². The second-order valence-electron chi connectivity index (χ2n) is 4.80. The molecule has 8 heteroatoms. The Morgan fingerprint density at radius 3 is 2.74 bits per heavy atom. The first kappa shape index (κ1) is 13.1. The van der Waals surface area contributed by atoms with Crippen LogP contribution >= 0.6 is 0 Å². The third-order valence-corrected chi connectivity index (χ3v) is 2.79. The van der Waals surface area contributed by atoms with E-state index in [2.05, 4.69) is 20.8 Å². The first-order valence-corrected chi connectivity index (χ1v) is 5.83. The third-order valence-electron chi connectivity index (χ3n) is 2.79. The van der Waals surface area contributed by atoms with Crippen molar-refractivity contribution in [3.63, 3.8) is 0 Å². The minimum atomic E-state index is -0.905. The van der Waals surface area contributed by atoms with Gasteiger partial charge in [-0.05, 0) is 13.8 Å². The lowest BCUT2D eigenvalue weighted by atomic mass is 10.1. The molecule has 4 amide bonds. The number of anilines is 1. The van der Waals surface area contributed by atoms with Crippen LogP contribution < -0.4 is 10.6 Å². The highest BCUT2D eigenvalue weighted by Crippen LogP contribution is 2.16. The molecule has 1 aromatic heterocycles. The number of hydrogen-bond acceptors (Lipinski definition) is 4. The maximum Gasteiger partial charge on any atom is 0.325 e. The van der Waals surface area contributed by atoms with Gasteiger partial charge in [0.1, 0.15) is 5.54 Å². The molecular formula is C11H15N5O3. The van der Waals surface area contributed by atoms with Crippen molar-refractivity contribution in [1.29, 1.82) is 0 Å². The van der Waals surface area contributed by atoms with E-state index in [1.54, 1.807) is 13.8 Å². The average molecular weight is 265 g/mol. The summed E-state index contributed by atoms with van der Waals surface area (Å²) in [6.07, 6.45) is 3.05. The lowest BCUT2D eigenvalue weighted by Crippen LogP contribution is -2.40. The first-order chi connectivity index (χ1) is 8.90. The molecule has 0 saturated carbocycles. The molecule has 102 valence electrons. The van der Waals surface area contributed by atoms with Crippen LogP contribution in [-0.4, -0.2) is 45.0 Å². The highest BCUT2D eigenvalue weighted by Gasteiger charge is 2.43. The van der Waals surface area contributed by atoms with E-state index >= 15 is 0 Å². The Bertz CT molecular complexity index is 508. The number of H-pyrrole nitrogens is 1. The first-order valence-electron chi connectivity index (χ1n) is 5.83. The number of carbonyl (C=O) groups is 3. The molecule has 0 bridgehead atoms. The molecular weight excluding hydrogens is 250 g/mol. The van der Waals surface area contributed by atoms with E-state index in [9.17, 15) is 14.4 Å². The summed E-state index contributed by atoms with van der Waals surface area (Å²) in [5.74, 6) is -0.611. The fraction of sp³-hybridized carbons (Fsp3) is 0.455. The summed E-state index contributed by atoms with van der Waals surface area (Å²) in [5.41, 5.74) is -0.361. The van der Waals surface area contributed by atoms with E-state index in [-0.39, 0.29) is 24.8 Å². The summed E-state index contributed by atoms with van der Waals surface area (Å²) in [6, 6.07) is -0.467. The largest absolute Gasteiger partial charge is 0.325 e. The molecule has 2 rings (SSSR count). The number of hydrogen-bond donors (Lipinski definition) is 3. The molecule has 1 aliphatic rings. The SMILES string of the molecule is CC1(C)NC(=O)N(CCC(=O)Nc2cn[nH]c2)C1=O. The molecule has 1 aliphatic heterocycles. The molecule has 1 aromatic rings. The standard InChI is InChI=1S/C11H15N5O3/c1-11(2)9(18)16(10(19)15-11)4-3-8(17)14-7-5-12-13-6-7/h5-6H,3-4H2,1-2H3,(H,12,13)(H,14,17)(H,15,19). The number of aromatic nitrogens is 2. The summed E-state index contributed by atoms with van der Waals surface area (Å²) in [7, 11) is 0. The predicted molar refractivity (Wildman–Crippen MR) is 66.2 cm³/mol. The van der Waals surface area contributed by atoms with Gasteiger partial charge in [-0.15, -0.1) is 0 Å². The zero-order valence-corrected chi connectivity index (χ0v) is 10.7. The summed E-state index contributed by atoms with van der Waals surface area (Å²) in [4.78, 5) is 36.1. The summed E-state index contributed by atoms with van der Waals surface area (Å²) in [5, 5.41) is 11.4. The van der Waals surface area contributed by atoms with Crippen molar-refractivity contribution < 1.29 is 14.4 Å². The van der Waals surface area contributed by atoms with Crippen molar-refractivity contribution >= 4 is 23.5 Å². The number of rotatable bonds is 4. The van der Waals surface area contributed by atoms with Gasteiger partial charge in [0.25, 0.3) is 5.91 Å². The van der Waals surface area contributed by atoms with E-state index in [1.807, 2.05) is 0 Å². The number of urea groups is 1. The van der Waals surface area contributed by atoms with Gasteiger partial charge in [-0.1, -0.05) is 0 Å². The number of nitrogens with zero attached hydrogens (tertiary/aromatic N) is 2. The Morgan fingerprint density at radius 1 is 1.47 bits per heavy atom. The van der Waals surface area contributed by atoms with Crippen LogP contribution in [0.4, 0.5) is 10.5 Å². The highest BCUT2D eigenvalue weighted by atomic mass is 16.2. The Hall–Kier alpha value is -2.38. The molecule has 0 spiro atoms. The Kier molecular flexibility index (Phi) is 3.24. The predicted octanol–water partition coefficient (Wildman–Crippen LogP) is 0.0687. The zero-order valence-electron chi connectivity index (χ0n) is 10.7. The van der Waals surface area contributed by atoms with Crippen LogP contribution in [0.25, 0.3) is 0 Å². The van der Waals surface area contributed by atoms with Crippen LogP contribution in [0, 0.1) is 0 Å². The summed E-state index contributed by atoms with van der Waals surface area (Å²) < 4.78 is 0. The van der Waals surface area contributed by atoms with Gasteiger partial charge in [0.15, 0.2) is 0 Å². The van der Waals surface area contributed by atoms with Gasteiger partial charge in [-0.25, -0.2) is 4.79 Å². The molecule has 19 heavy (non-hydrogen) atoms. The van der Waals surface area contributed by atoms with Crippen LogP contribution in [0.2, 0.25) is 0 Å². The van der Waals surface area contributed by atoms with Crippen molar-refractivity contribution in [1.82, 2.24) is 20.4 Å². The van der Waals surface area contributed by atoms with E-state index < -0.39 is 11.6 Å². The van der Waals surface area contributed by atoms with Gasteiger partial charge in [0.05, 0.1) is 11.9 Å². The fourth-order valence-electron chi connectivity index (χ4n) is 1.78. The summed E-state index contributed by atoms with van der Waals surface area (Å²) in [6.45, 7) is 3.30. The summed E-state index contributed by atoms with van der Waals surface area (Å²) >= 11 is 0. The highest BCUT2D eigenvalue weighted by molar-refractivity contribution is 6.06. The minimum absolute atomic E-state index is 0.0421. The smallest absolute Gasteiger partial charge is 0.324 e. The molecule has 0 atom stereocenters. The van der Waals surface area contributed by atoms with E-state index in [1.165, 1.54) is 12.4 Å². The van der Waals surface area contributed by atoms with Crippen molar-refractivity contribution in [3.8, 4) is 0 Å². The third kappa shape index (κ3) is 2.72. The quantitative estimate of drug-likeness (QED) is 0.669. The molecule has 1 fully saturated rings. The molecule has 0 radical (unpaired) electrons. The van der Waals surface area contributed by atoms with Crippen LogP contribution in [0.15, 0.2) is 12.4 Å². The Labute approximate surface area is 109 Å². The lowest BCUT2D eigenvalue weighted by Gasteiger charge is -2.15. The van der Waals surface area contributed by atoms with Crippen LogP contribution in [0.5, 0.6) is 0 Å². The van der Waals surface area contributed by atoms with Crippen molar-refractivity contribution in [2.75, 3.05) is 11.9 Å². The van der Waals surface area contributed by atoms with Crippen LogP contribution in [0.1, 0.15) is 20.3 Å². The molecule has 1 saturated heterocycles. The number of carbonyl (C=O) groups excluding carboxylic acids is 3. The van der Waals surface area contributed by atoms with Crippen LogP contribution in [-0.2, 0) is 9.59 Å². The van der Waals surface area contributed by atoms with E-state index in [4.69, 9.17) is 0 Å². The Balaban J connectivity index is 1.87.